The number of nitrogens with zero attached hydrogens (tertiary/aromatic N) is 1. The minimum absolute atomic E-state index is 0.0662. The molecular weight excluding hydrogens is 252 g/mol. The number of carbonyl (C=O) groups excluding carboxylic acids is 1. The molecule has 0 spiro atoms. The third kappa shape index (κ3) is 7.14. The van der Waals surface area contributed by atoms with Gasteiger partial charge in [-0.25, -0.2) is 0 Å². The molecule has 0 saturated heterocycles. The summed E-state index contributed by atoms with van der Waals surface area (Å²) in [6.07, 6.45) is 0. The number of rotatable bonds is 8. The highest BCUT2D eigenvalue weighted by atomic mass is 16.5. The normalized spacial score (nSPS) is 10.9. The lowest BCUT2D eigenvalue weighted by Gasteiger charge is -2.17. The predicted octanol–water partition coefficient (Wildman–Crippen LogP) is 2.08. The molecule has 0 aliphatic heterocycles. The molecule has 20 heavy (non-hydrogen) atoms. The highest BCUT2D eigenvalue weighted by Crippen LogP contribution is 2.10. The van der Waals surface area contributed by atoms with Gasteiger partial charge in [0.1, 0.15) is 12.4 Å². The van der Waals surface area contributed by atoms with Crippen molar-refractivity contribution in [1.29, 1.82) is 0 Å². The second-order valence-electron chi connectivity index (χ2n) is 5.60. The summed E-state index contributed by atoms with van der Waals surface area (Å²) in [5.74, 6) is 1.42. The standard InChI is InChI=1S/C16H26N2O2/c1-13(2)11-17-16(19)12-18(4)9-10-20-15-7-5-14(3)6-8-15/h5-8,13H,9-12H2,1-4H3,(H,17,19). The number of nitrogens with one attached hydrogen (secondary N) is 1. The first-order chi connectivity index (χ1) is 9.47. The molecule has 1 N–H and O–H groups in total. The average Bonchev–Trinajstić information content (AvgIpc) is 2.38. The van der Waals surface area contributed by atoms with Crippen molar-refractivity contribution in [2.24, 2.45) is 5.92 Å². The number of hydrogen-bond acceptors (Lipinski definition) is 3. The van der Waals surface area contributed by atoms with Gasteiger partial charge in [-0.3, -0.25) is 9.69 Å². The minimum Gasteiger partial charge on any atom is -0.492 e. The van der Waals surface area contributed by atoms with Crippen molar-refractivity contribution in [2.45, 2.75) is 20.8 Å². The summed E-state index contributed by atoms with van der Waals surface area (Å²) >= 11 is 0. The average molecular weight is 278 g/mol. The van der Waals surface area contributed by atoms with E-state index in [2.05, 4.69) is 19.2 Å². The van der Waals surface area contributed by atoms with Crippen molar-refractivity contribution >= 4 is 5.91 Å². The maximum atomic E-state index is 11.6. The second-order valence-corrected chi connectivity index (χ2v) is 5.60. The van der Waals surface area contributed by atoms with E-state index < -0.39 is 0 Å². The Labute approximate surface area is 122 Å². The monoisotopic (exact) mass is 278 g/mol. The van der Waals surface area contributed by atoms with Crippen molar-refractivity contribution in [1.82, 2.24) is 10.2 Å². The molecule has 0 heterocycles. The van der Waals surface area contributed by atoms with Crippen LogP contribution in [0.4, 0.5) is 0 Å². The summed E-state index contributed by atoms with van der Waals surface area (Å²) in [6, 6.07) is 7.98. The van der Waals surface area contributed by atoms with Crippen LogP contribution >= 0.6 is 0 Å². The van der Waals surface area contributed by atoms with Crippen LogP contribution in [0.15, 0.2) is 24.3 Å². The third-order valence-corrected chi connectivity index (χ3v) is 2.88. The van der Waals surface area contributed by atoms with Gasteiger partial charge in [0, 0.05) is 13.1 Å². The zero-order valence-electron chi connectivity index (χ0n) is 13.0. The maximum absolute atomic E-state index is 11.6. The van der Waals surface area contributed by atoms with Crippen LogP contribution in [0.1, 0.15) is 19.4 Å². The van der Waals surface area contributed by atoms with Crippen LogP contribution in [0.3, 0.4) is 0 Å². The topological polar surface area (TPSA) is 41.6 Å². The number of likely N-dealkylation sites (N-methyl/N-ethyl adjacent to an activating group) is 1. The molecule has 1 aromatic carbocycles. The second kappa shape index (κ2) is 8.59. The largest absolute Gasteiger partial charge is 0.492 e. The van der Waals surface area contributed by atoms with E-state index in [0.29, 0.717) is 19.1 Å². The molecular formula is C16H26N2O2. The lowest BCUT2D eigenvalue weighted by molar-refractivity contribution is -0.122. The van der Waals surface area contributed by atoms with Crippen LogP contribution in [0, 0.1) is 12.8 Å². The van der Waals surface area contributed by atoms with Crippen LogP contribution < -0.4 is 10.1 Å². The third-order valence-electron chi connectivity index (χ3n) is 2.88. The number of carbonyl (C=O) groups is 1. The highest BCUT2D eigenvalue weighted by Gasteiger charge is 2.06. The maximum Gasteiger partial charge on any atom is 0.234 e. The van der Waals surface area contributed by atoms with Gasteiger partial charge in [0.15, 0.2) is 0 Å². The lowest BCUT2D eigenvalue weighted by atomic mass is 10.2. The molecule has 0 saturated carbocycles. The molecule has 0 unspecified atom stereocenters. The Kier molecular flexibility index (Phi) is 7.09. The zero-order chi connectivity index (χ0) is 15.0. The van der Waals surface area contributed by atoms with Gasteiger partial charge in [0.05, 0.1) is 6.54 Å². The van der Waals surface area contributed by atoms with Crippen molar-refractivity contribution < 1.29 is 9.53 Å². The van der Waals surface area contributed by atoms with Crippen molar-refractivity contribution in [3.63, 3.8) is 0 Å². The van der Waals surface area contributed by atoms with Gasteiger partial charge >= 0.3 is 0 Å². The molecule has 0 radical (unpaired) electrons. The van der Waals surface area contributed by atoms with Gasteiger partial charge < -0.3 is 10.1 Å². The van der Waals surface area contributed by atoms with E-state index in [1.807, 2.05) is 43.1 Å². The summed E-state index contributed by atoms with van der Waals surface area (Å²) in [4.78, 5) is 13.6. The Morgan fingerprint density at radius 1 is 1.30 bits per heavy atom. The van der Waals surface area contributed by atoms with Gasteiger partial charge in [-0.15, -0.1) is 0 Å². The number of aryl methyl sites for hydroxylation is 1. The van der Waals surface area contributed by atoms with E-state index in [1.165, 1.54) is 5.56 Å². The van der Waals surface area contributed by atoms with Crippen LogP contribution in [-0.4, -0.2) is 44.1 Å². The van der Waals surface area contributed by atoms with E-state index >= 15 is 0 Å². The fourth-order valence-electron chi connectivity index (χ4n) is 1.65. The fourth-order valence-corrected chi connectivity index (χ4v) is 1.65. The zero-order valence-corrected chi connectivity index (χ0v) is 13.0. The molecule has 0 aliphatic carbocycles. The molecule has 0 fully saturated rings. The molecule has 0 atom stereocenters. The Hall–Kier alpha value is -1.55. The smallest absolute Gasteiger partial charge is 0.234 e. The Morgan fingerprint density at radius 2 is 1.95 bits per heavy atom. The summed E-state index contributed by atoms with van der Waals surface area (Å²) in [5, 5.41) is 2.91. The van der Waals surface area contributed by atoms with E-state index in [9.17, 15) is 4.79 Å². The molecule has 112 valence electrons. The van der Waals surface area contributed by atoms with Crippen LogP contribution in [0.25, 0.3) is 0 Å². The molecule has 1 amide bonds. The molecule has 0 aliphatic rings. The first kappa shape index (κ1) is 16.5. The lowest BCUT2D eigenvalue weighted by Crippen LogP contribution is -2.38. The Balaban J connectivity index is 2.18. The molecule has 1 aromatic rings. The van der Waals surface area contributed by atoms with Gasteiger partial charge in [-0.2, -0.15) is 0 Å². The molecule has 4 nitrogen and oxygen atoms in total. The van der Waals surface area contributed by atoms with Crippen LogP contribution in [0.2, 0.25) is 0 Å². The summed E-state index contributed by atoms with van der Waals surface area (Å²) in [5.41, 5.74) is 1.22. The van der Waals surface area contributed by atoms with Crippen molar-refractivity contribution in [2.75, 3.05) is 33.3 Å². The Bertz CT molecular complexity index is 401. The molecule has 4 heteroatoms. The van der Waals surface area contributed by atoms with Gasteiger partial charge in [-0.1, -0.05) is 31.5 Å². The van der Waals surface area contributed by atoms with Crippen molar-refractivity contribution in [3.05, 3.63) is 29.8 Å². The molecule has 0 bridgehead atoms. The Morgan fingerprint density at radius 3 is 2.55 bits per heavy atom. The highest BCUT2D eigenvalue weighted by molar-refractivity contribution is 5.77. The quantitative estimate of drug-likeness (QED) is 0.791. The molecule has 1 rings (SSSR count). The summed E-state index contributed by atoms with van der Waals surface area (Å²) < 4.78 is 5.64. The molecule has 0 aromatic heterocycles. The van der Waals surface area contributed by atoms with E-state index in [-0.39, 0.29) is 5.91 Å². The predicted molar refractivity (Wildman–Crippen MR) is 82.0 cm³/mol. The van der Waals surface area contributed by atoms with E-state index in [1.54, 1.807) is 0 Å². The van der Waals surface area contributed by atoms with E-state index in [4.69, 9.17) is 4.74 Å². The first-order valence-corrected chi connectivity index (χ1v) is 7.12. The SMILES string of the molecule is Cc1ccc(OCCN(C)CC(=O)NCC(C)C)cc1. The van der Waals surface area contributed by atoms with Gasteiger partial charge in [-0.05, 0) is 32.0 Å². The number of benzene rings is 1. The van der Waals surface area contributed by atoms with Gasteiger partial charge in [0.25, 0.3) is 0 Å². The van der Waals surface area contributed by atoms with Gasteiger partial charge in [0.2, 0.25) is 5.91 Å². The number of amides is 1. The fraction of sp³-hybridized carbons (Fsp3) is 0.562. The first-order valence-electron chi connectivity index (χ1n) is 7.12. The number of ether oxygens (including phenoxy) is 1. The summed E-state index contributed by atoms with van der Waals surface area (Å²) in [6.45, 7) is 8.66. The van der Waals surface area contributed by atoms with Crippen molar-refractivity contribution in [3.8, 4) is 5.75 Å². The van der Waals surface area contributed by atoms with Crippen LogP contribution in [-0.2, 0) is 4.79 Å². The van der Waals surface area contributed by atoms with Crippen LogP contribution in [0.5, 0.6) is 5.75 Å². The minimum atomic E-state index is 0.0662. The summed E-state index contributed by atoms with van der Waals surface area (Å²) in [7, 11) is 1.92. The van der Waals surface area contributed by atoms with E-state index in [0.717, 1.165) is 18.8 Å². The number of hydrogen-bond donors (Lipinski definition) is 1.